The van der Waals surface area contributed by atoms with Gasteiger partial charge in [-0.25, -0.2) is 0 Å². The highest BCUT2D eigenvalue weighted by molar-refractivity contribution is 6.28. The molecule has 0 atom stereocenters. The predicted octanol–water partition coefficient (Wildman–Crippen LogP) is 3.64. The van der Waals surface area contributed by atoms with Gasteiger partial charge in [-0.3, -0.25) is 9.59 Å². The van der Waals surface area contributed by atoms with Gasteiger partial charge in [0.05, 0.1) is 0 Å². The van der Waals surface area contributed by atoms with Crippen LogP contribution in [0.25, 0.3) is 0 Å². The van der Waals surface area contributed by atoms with Crippen molar-refractivity contribution >= 4 is 11.6 Å². The lowest BCUT2D eigenvalue weighted by molar-refractivity contribution is 0.0979. The Labute approximate surface area is 128 Å². The van der Waals surface area contributed by atoms with Crippen molar-refractivity contribution in [3.05, 3.63) is 95.3 Å². The van der Waals surface area contributed by atoms with E-state index in [1.54, 1.807) is 48.5 Å². The van der Waals surface area contributed by atoms with Gasteiger partial charge < -0.3 is 11.1 Å². The second-order valence-corrected chi connectivity index (χ2v) is 4.63. The van der Waals surface area contributed by atoms with Gasteiger partial charge in [-0.05, 0) is 12.1 Å². The van der Waals surface area contributed by atoms with E-state index >= 15 is 0 Å². The number of H-pyrrole nitrogens is 1. The van der Waals surface area contributed by atoms with Crippen molar-refractivity contribution in [2.75, 3.05) is 0 Å². The maximum absolute atomic E-state index is 12.1. The fourth-order valence-corrected chi connectivity index (χ4v) is 2.33. The van der Waals surface area contributed by atoms with Gasteiger partial charge in [0.25, 0.3) is 0 Å². The largest absolute Gasteiger partial charge is 0.368 e. The summed E-state index contributed by atoms with van der Waals surface area (Å²) in [5, 5.41) is 0. The third-order valence-corrected chi connectivity index (χ3v) is 3.33. The van der Waals surface area contributed by atoms with Gasteiger partial charge in [0, 0.05) is 34.6 Å². The molecule has 0 radical (unpaired) electrons. The number of rotatable bonds is 0. The summed E-state index contributed by atoms with van der Waals surface area (Å²) in [5.74, 6) is -0.128. The van der Waals surface area contributed by atoms with Crippen LogP contribution in [-0.4, -0.2) is 16.6 Å². The van der Waals surface area contributed by atoms with Gasteiger partial charge in [0.15, 0.2) is 11.6 Å². The SMILES string of the molecule is N.O=C1c2ccccc2C(=O)c2ccccc21.c1cc[nH]c1. The third-order valence-electron chi connectivity index (χ3n) is 3.33. The lowest BCUT2D eigenvalue weighted by Crippen LogP contribution is -2.20. The number of ketones is 2. The smallest absolute Gasteiger partial charge is 0.194 e. The maximum atomic E-state index is 12.1. The molecule has 0 unspecified atom stereocenters. The molecule has 3 aromatic rings. The van der Waals surface area contributed by atoms with Crippen LogP contribution in [0.2, 0.25) is 0 Å². The van der Waals surface area contributed by atoms with Crippen molar-refractivity contribution in [1.82, 2.24) is 11.1 Å². The molecule has 0 amide bonds. The molecule has 4 heteroatoms. The van der Waals surface area contributed by atoms with Crippen molar-refractivity contribution < 1.29 is 9.59 Å². The van der Waals surface area contributed by atoms with Crippen molar-refractivity contribution in [3.8, 4) is 0 Å². The van der Waals surface area contributed by atoms with E-state index in [4.69, 9.17) is 0 Å². The molecular formula is C18H16N2O2. The summed E-state index contributed by atoms with van der Waals surface area (Å²) >= 11 is 0. The van der Waals surface area contributed by atoms with Crippen molar-refractivity contribution in [1.29, 1.82) is 0 Å². The van der Waals surface area contributed by atoms with E-state index in [0.717, 1.165) is 0 Å². The lowest BCUT2D eigenvalue weighted by Gasteiger charge is -2.16. The summed E-state index contributed by atoms with van der Waals surface area (Å²) < 4.78 is 0. The molecule has 110 valence electrons. The van der Waals surface area contributed by atoms with Crippen LogP contribution < -0.4 is 6.15 Å². The second-order valence-electron chi connectivity index (χ2n) is 4.63. The molecule has 1 aliphatic rings. The van der Waals surface area contributed by atoms with E-state index in [1.807, 2.05) is 24.5 Å². The highest BCUT2D eigenvalue weighted by Crippen LogP contribution is 2.26. The minimum absolute atomic E-state index is 0. The Morgan fingerprint density at radius 2 is 0.864 bits per heavy atom. The maximum Gasteiger partial charge on any atom is 0.194 e. The van der Waals surface area contributed by atoms with Gasteiger partial charge >= 0.3 is 0 Å². The van der Waals surface area contributed by atoms with E-state index in [2.05, 4.69) is 4.98 Å². The van der Waals surface area contributed by atoms with Crippen LogP contribution in [0.4, 0.5) is 0 Å². The molecule has 0 fully saturated rings. The molecule has 0 bridgehead atoms. The zero-order valence-electron chi connectivity index (χ0n) is 12.0. The highest BCUT2D eigenvalue weighted by Gasteiger charge is 2.28. The lowest BCUT2D eigenvalue weighted by atomic mass is 9.84. The molecule has 4 rings (SSSR count). The molecule has 4 nitrogen and oxygen atoms in total. The minimum Gasteiger partial charge on any atom is -0.368 e. The van der Waals surface area contributed by atoms with Gasteiger partial charge in [-0.15, -0.1) is 0 Å². The van der Waals surface area contributed by atoms with E-state index in [-0.39, 0.29) is 17.7 Å². The quantitative estimate of drug-likeness (QED) is 0.519. The zero-order valence-corrected chi connectivity index (χ0v) is 12.0. The Morgan fingerprint density at radius 3 is 1.09 bits per heavy atom. The van der Waals surface area contributed by atoms with Crippen LogP contribution in [0.1, 0.15) is 31.8 Å². The Morgan fingerprint density at radius 1 is 0.545 bits per heavy atom. The molecule has 0 spiro atoms. The number of hydrogen-bond donors (Lipinski definition) is 2. The number of hydrogen-bond acceptors (Lipinski definition) is 3. The molecule has 1 aliphatic carbocycles. The average Bonchev–Trinajstić information content (AvgIpc) is 3.12. The summed E-state index contributed by atoms with van der Waals surface area (Å²) in [7, 11) is 0. The van der Waals surface area contributed by atoms with E-state index < -0.39 is 0 Å². The number of fused-ring (bicyclic) bond motifs is 2. The molecule has 4 N–H and O–H groups in total. The summed E-state index contributed by atoms with van der Waals surface area (Å²) in [5.41, 5.74) is 2.02. The minimum atomic E-state index is -0.0641. The zero-order chi connectivity index (χ0) is 14.7. The van der Waals surface area contributed by atoms with E-state index in [9.17, 15) is 9.59 Å². The highest BCUT2D eigenvalue weighted by atomic mass is 16.1. The van der Waals surface area contributed by atoms with Crippen LogP contribution in [-0.2, 0) is 0 Å². The van der Waals surface area contributed by atoms with Crippen molar-refractivity contribution in [3.63, 3.8) is 0 Å². The van der Waals surface area contributed by atoms with Crippen LogP contribution in [0, 0.1) is 0 Å². The monoisotopic (exact) mass is 292 g/mol. The van der Waals surface area contributed by atoms with Gasteiger partial charge in [0.1, 0.15) is 0 Å². The second kappa shape index (κ2) is 6.65. The number of nitrogens with one attached hydrogen (secondary N) is 1. The van der Waals surface area contributed by atoms with Crippen LogP contribution in [0.3, 0.4) is 0 Å². The summed E-state index contributed by atoms with van der Waals surface area (Å²) in [4.78, 5) is 27.1. The Bertz CT molecular complexity index is 670. The molecule has 0 aliphatic heterocycles. The summed E-state index contributed by atoms with van der Waals surface area (Å²) in [6.45, 7) is 0. The molecule has 0 saturated carbocycles. The Hall–Kier alpha value is -2.98. The number of benzene rings is 2. The first-order valence-electron chi connectivity index (χ1n) is 6.64. The summed E-state index contributed by atoms with van der Waals surface area (Å²) in [6, 6.07) is 17.8. The molecular weight excluding hydrogens is 276 g/mol. The third kappa shape index (κ3) is 2.73. The Balaban J connectivity index is 0.000000253. The number of carbonyl (C=O) groups excluding carboxylic acids is 2. The number of aromatic nitrogens is 1. The first kappa shape index (κ1) is 15.4. The van der Waals surface area contributed by atoms with Crippen molar-refractivity contribution in [2.24, 2.45) is 0 Å². The molecule has 1 heterocycles. The molecule has 1 aromatic heterocycles. The van der Waals surface area contributed by atoms with Crippen molar-refractivity contribution in [2.45, 2.75) is 0 Å². The fraction of sp³-hybridized carbons (Fsp3) is 0. The van der Waals surface area contributed by atoms with Crippen LogP contribution in [0.15, 0.2) is 73.1 Å². The van der Waals surface area contributed by atoms with Crippen LogP contribution >= 0.6 is 0 Å². The Kier molecular flexibility index (Phi) is 4.66. The summed E-state index contributed by atoms with van der Waals surface area (Å²) in [6.07, 6.45) is 3.75. The van der Waals surface area contributed by atoms with Crippen LogP contribution in [0.5, 0.6) is 0 Å². The van der Waals surface area contributed by atoms with Gasteiger partial charge in [-0.2, -0.15) is 0 Å². The number of carbonyl (C=O) groups is 2. The molecule has 2 aromatic carbocycles. The topological polar surface area (TPSA) is 84.9 Å². The first-order chi connectivity index (χ1) is 10.3. The predicted molar refractivity (Wildman–Crippen MR) is 85.6 cm³/mol. The standard InChI is InChI=1S/C14H8O2.C4H5N.H3N/c15-13-9-5-1-2-6-10(9)14(16)12-8-4-3-7-11(12)13;1-2-4-5-3-1;/h1-8H;1-5H;1H3. The fourth-order valence-electron chi connectivity index (χ4n) is 2.33. The van der Waals surface area contributed by atoms with E-state index in [1.165, 1.54) is 0 Å². The average molecular weight is 292 g/mol. The normalized spacial score (nSPS) is 11.5. The molecule has 0 saturated heterocycles. The van der Waals surface area contributed by atoms with E-state index in [0.29, 0.717) is 22.3 Å². The number of aromatic amines is 1. The molecule has 22 heavy (non-hydrogen) atoms. The first-order valence-corrected chi connectivity index (χ1v) is 6.64. The van der Waals surface area contributed by atoms with Gasteiger partial charge in [0.2, 0.25) is 0 Å². The van der Waals surface area contributed by atoms with Gasteiger partial charge in [-0.1, -0.05) is 48.5 Å².